The van der Waals surface area contributed by atoms with Crippen molar-refractivity contribution in [1.29, 1.82) is 0 Å². The molecule has 13 heavy (non-hydrogen) atoms. The van der Waals surface area contributed by atoms with Gasteiger partial charge in [-0.2, -0.15) is 0 Å². The second-order valence-corrected chi connectivity index (χ2v) is 5.35. The molecule has 0 bridgehead atoms. The van der Waals surface area contributed by atoms with Crippen molar-refractivity contribution in [3.63, 3.8) is 0 Å². The molecule has 1 rings (SSSR count). The highest BCUT2D eigenvalue weighted by Crippen LogP contribution is 2.41. The second-order valence-electron chi connectivity index (χ2n) is 5.35. The summed E-state index contributed by atoms with van der Waals surface area (Å²) in [4.78, 5) is 0. The molecule has 2 heteroatoms. The van der Waals surface area contributed by atoms with E-state index >= 15 is 0 Å². The SMILES string of the molecule is CC(C)(C)C1CCCC(F)(F)CC1. The van der Waals surface area contributed by atoms with Gasteiger partial charge in [0.15, 0.2) is 0 Å². The second kappa shape index (κ2) is 3.55. The lowest BCUT2D eigenvalue weighted by atomic mass is 9.76. The molecule has 0 aromatic rings. The van der Waals surface area contributed by atoms with Gasteiger partial charge in [0, 0.05) is 12.8 Å². The predicted octanol–water partition coefficient (Wildman–Crippen LogP) is 4.25. The minimum atomic E-state index is -2.39. The van der Waals surface area contributed by atoms with E-state index in [2.05, 4.69) is 20.8 Å². The summed E-state index contributed by atoms with van der Waals surface area (Å²) in [6, 6.07) is 0. The van der Waals surface area contributed by atoms with E-state index in [-0.39, 0.29) is 18.3 Å². The topological polar surface area (TPSA) is 0 Å². The Morgan fingerprint density at radius 2 is 1.69 bits per heavy atom. The fourth-order valence-electron chi connectivity index (χ4n) is 2.13. The third kappa shape index (κ3) is 3.24. The van der Waals surface area contributed by atoms with Gasteiger partial charge in [-0.25, -0.2) is 8.78 Å². The summed E-state index contributed by atoms with van der Waals surface area (Å²) < 4.78 is 26.1. The number of halogens is 2. The molecule has 1 aliphatic rings. The fourth-order valence-corrected chi connectivity index (χ4v) is 2.13. The van der Waals surface area contributed by atoms with E-state index in [9.17, 15) is 8.78 Å². The molecular weight excluding hydrogens is 170 g/mol. The lowest BCUT2D eigenvalue weighted by Gasteiger charge is -2.29. The Morgan fingerprint density at radius 3 is 2.23 bits per heavy atom. The van der Waals surface area contributed by atoms with E-state index in [4.69, 9.17) is 0 Å². The molecule has 0 heterocycles. The lowest BCUT2D eigenvalue weighted by molar-refractivity contribution is -0.0160. The van der Waals surface area contributed by atoms with Crippen LogP contribution in [-0.2, 0) is 0 Å². The van der Waals surface area contributed by atoms with Crippen molar-refractivity contribution in [2.75, 3.05) is 0 Å². The maximum Gasteiger partial charge on any atom is 0.248 e. The highest BCUT2D eigenvalue weighted by molar-refractivity contribution is 4.81. The van der Waals surface area contributed by atoms with Gasteiger partial charge in [0.2, 0.25) is 5.92 Å². The van der Waals surface area contributed by atoms with Crippen LogP contribution in [-0.4, -0.2) is 5.92 Å². The summed E-state index contributed by atoms with van der Waals surface area (Å²) in [6.45, 7) is 6.46. The van der Waals surface area contributed by atoms with Crippen LogP contribution in [0.2, 0.25) is 0 Å². The Labute approximate surface area is 79.7 Å². The van der Waals surface area contributed by atoms with E-state index in [1.165, 1.54) is 0 Å². The first-order valence-electron chi connectivity index (χ1n) is 5.19. The maximum absolute atomic E-state index is 13.0. The summed E-state index contributed by atoms with van der Waals surface area (Å²) >= 11 is 0. The van der Waals surface area contributed by atoms with Gasteiger partial charge in [-0.15, -0.1) is 0 Å². The number of rotatable bonds is 0. The van der Waals surface area contributed by atoms with Crippen LogP contribution >= 0.6 is 0 Å². The normalized spacial score (nSPS) is 29.8. The van der Waals surface area contributed by atoms with Crippen molar-refractivity contribution < 1.29 is 8.78 Å². The van der Waals surface area contributed by atoms with Gasteiger partial charge in [0.25, 0.3) is 0 Å². The van der Waals surface area contributed by atoms with E-state index in [0.717, 1.165) is 6.42 Å². The average molecular weight is 190 g/mol. The zero-order chi connectivity index (χ0) is 10.1. The molecule has 0 N–H and O–H groups in total. The molecule has 0 aromatic heterocycles. The molecule has 0 aromatic carbocycles. The van der Waals surface area contributed by atoms with Crippen LogP contribution in [0.4, 0.5) is 8.78 Å². The minimum absolute atomic E-state index is 0.0922. The minimum Gasteiger partial charge on any atom is -0.207 e. The summed E-state index contributed by atoms with van der Waals surface area (Å²) in [5, 5.41) is 0. The van der Waals surface area contributed by atoms with Crippen LogP contribution in [0.3, 0.4) is 0 Å². The fraction of sp³-hybridized carbons (Fsp3) is 1.00. The van der Waals surface area contributed by atoms with E-state index in [1.54, 1.807) is 0 Å². The van der Waals surface area contributed by atoms with Crippen molar-refractivity contribution >= 4 is 0 Å². The van der Waals surface area contributed by atoms with Gasteiger partial charge in [-0.1, -0.05) is 20.8 Å². The molecule has 0 nitrogen and oxygen atoms in total. The van der Waals surface area contributed by atoms with Gasteiger partial charge in [0.1, 0.15) is 0 Å². The Kier molecular flexibility index (Phi) is 2.98. The maximum atomic E-state index is 13.0. The van der Waals surface area contributed by atoms with Crippen LogP contribution in [0, 0.1) is 11.3 Å². The molecule has 1 fully saturated rings. The third-order valence-electron chi connectivity index (χ3n) is 3.18. The largest absolute Gasteiger partial charge is 0.248 e. The Balaban J connectivity index is 2.55. The Hall–Kier alpha value is -0.140. The first-order valence-corrected chi connectivity index (χ1v) is 5.19. The molecule has 0 aliphatic heterocycles. The van der Waals surface area contributed by atoms with Crippen LogP contribution < -0.4 is 0 Å². The molecule has 1 aliphatic carbocycles. The van der Waals surface area contributed by atoms with Crippen molar-refractivity contribution in [2.24, 2.45) is 11.3 Å². The Morgan fingerprint density at radius 1 is 1.08 bits per heavy atom. The van der Waals surface area contributed by atoms with Gasteiger partial charge in [-0.05, 0) is 30.6 Å². The molecule has 0 amide bonds. The molecule has 0 spiro atoms. The monoisotopic (exact) mass is 190 g/mol. The number of alkyl halides is 2. The van der Waals surface area contributed by atoms with Crippen molar-refractivity contribution in [1.82, 2.24) is 0 Å². The van der Waals surface area contributed by atoms with Crippen LogP contribution in [0.15, 0.2) is 0 Å². The summed E-state index contributed by atoms with van der Waals surface area (Å²) in [5.41, 5.74) is 0.195. The number of hydrogen-bond donors (Lipinski definition) is 0. The molecule has 1 unspecified atom stereocenters. The smallest absolute Gasteiger partial charge is 0.207 e. The van der Waals surface area contributed by atoms with E-state index in [1.807, 2.05) is 0 Å². The average Bonchev–Trinajstić information content (AvgIpc) is 2.08. The van der Waals surface area contributed by atoms with E-state index in [0.29, 0.717) is 18.8 Å². The lowest BCUT2D eigenvalue weighted by Crippen LogP contribution is -2.20. The predicted molar refractivity (Wildman–Crippen MR) is 51.0 cm³/mol. The van der Waals surface area contributed by atoms with E-state index < -0.39 is 5.92 Å². The number of hydrogen-bond acceptors (Lipinski definition) is 0. The highest BCUT2D eigenvalue weighted by Gasteiger charge is 2.35. The van der Waals surface area contributed by atoms with Gasteiger partial charge in [0.05, 0.1) is 0 Å². The first-order chi connectivity index (χ1) is 5.81. The molecule has 0 radical (unpaired) electrons. The summed E-state index contributed by atoms with van der Waals surface area (Å²) in [6.07, 6.45) is 2.54. The quantitative estimate of drug-likeness (QED) is 0.501. The zero-order valence-corrected chi connectivity index (χ0v) is 8.87. The first kappa shape index (κ1) is 10.9. The van der Waals surface area contributed by atoms with Gasteiger partial charge < -0.3 is 0 Å². The highest BCUT2D eigenvalue weighted by atomic mass is 19.3. The summed E-state index contributed by atoms with van der Waals surface area (Å²) in [7, 11) is 0. The molecular formula is C11H20F2. The molecule has 1 saturated carbocycles. The van der Waals surface area contributed by atoms with Crippen molar-refractivity contribution in [2.45, 2.75) is 58.8 Å². The van der Waals surface area contributed by atoms with Crippen molar-refractivity contribution in [3.05, 3.63) is 0 Å². The third-order valence-corrected chi connectivity index (χ3v) is 3.18. The van der Waals surface area contributed by atoms with Crippen LogP contribution in [0.25, 0.3) is 0 Å². The molecule has 1 atom stereocenters. The molecule has 78 valence electrons. The van der Waals surface area contributed by atoms with Gasteiger partial charge in [-0.3, -0.25) is 0 Å². The van der Waals surface area contributed by atoms with Crippen molar-refractivity contribution in [3.8, 4) is 0 Å². The van der Waals surface area contributed by atoms with Crippen LogP contribution in [0.1, 0.15) is 52.9 Å². The molecule has 0 saturated heterocycles. The zero-order valence-electron chi connectivity index (χ0n) is 8.87. The standard InChI is InChI=1S/C11H20F2/c1-10(2,3)9-5-4-7-11(12,13)8-6-9/h9H,4-8H2,1-3H3. The Bertz CT molecular complexity index is 167. The van der Waals surface area contributed by atoms with Crippen LogP contribution in [0.5, 0.6) is 0 Å². The van der Waals surface area contributed by atoms with Gasteiger partial charge >= 0.3 is 0 Å². The summed E-state index contributed by atoms with van der Waals surface area (Å²) in [5.74, 6) is -1.92.